The number of anilines is 1. The molecule has 1 spiro atoms. The molecule has 3 fully saturated rings. The van der Waals surface area contributed by atoms with Crippen LogP contribution < -0.4 is 4.90 Å². The van der Waals surface area contributed by atoms with E-state index in [1.807, 2.05) is 11.8 Å². The van der Waals surface area contributed by atoms with Crippen molar-refractivity contribution in [1.29, 1.82) is 0 Å². The van der Waals surface area contributed by atoms with Crippen molar-refractivity contribution in [1.82, 2.24) is 9.80 Å². The lowest BCUT2D eigenvalue weighted by Crippen LogP contribution is -2.56. The zero-order valence-electron chi connectivity index (χ0n) is 17.0. The predicted octanol–water partition coefficient (Wildman–Crippen LogP) is 3.18. The van der Waals surface area contributed by atoms with E-state index in [-0.39, 0.29) is 23.3 Å². The normalized spacial score (nSPS) is 23.8. The molecule has 0 N–H and O–H groups in total. The average molecular weight is 405 g/mol. The number of benzene rings is 1. The van der Waals surface area contributed by atoms with Crippen LogP contribution in [0.25, 0.3) is 0 Å². The van der Waals surface area contributed by atoms with Crippen LogP contribution >= 0.6 is 0 Å². The standard InChI is InChI=1S/C22H29F2N3O2/c1-16(27-20(28)13-22(14-21(27)29)6-2-3-7-22)15-25-8-10-26(11-9-25)19-12-17(23)4-5-18(19)24/h4-5,12,16H,2-3,6-11,13-15H2,1H3/t16-/m0/s1. The number of imide groups is 1. The summed E-state index contributed by atoms with van der Waals surface area (Å²) in [6.07, 6.45) is 5.21. The number of carbonyl (C=O) groups excluding carboxylic acids is 2. The zero-order chi connectivity index (χ0) is 20.6. The van der Waals surface area contributed by atoms with Gasteiger partial charge in [0.2, 0.25) is 11.8 Å². The number of amides is 2. The SMILES string of the molecule is C[C@@H](CN1CCN(c2cc(F)ccc2F)CC1)N1C(=O)CC2(CCCC2)CC1=O. The Morgan fingerprint density at radius 2 is 1.62 bits per heavy atom. The van der Waals surface area contributed by atoms with Crippen molar-refractivity contribution in [3.63, 3.8) is 0 Å². The van der Waals surface area contributed by atoms with Crippen molar-refractivity contribution in [3.8, 4) is 0 Å². The second kappa shape index (κ2) is 8.01. The Bertz CT molecular complexity index is 766. The maximum Gasteiger partial charge on any atom is 0.230 e. The van der Waals surface area contributed by atoms with Gasteiger partial charge in [-0.25, -0.2) is 8.78 Å². The summed E-state index contributed by atoms with van der Waals surface area (Å²) in [6.45, 7) is 5.07. The Balaban J connectivity index is 1.33. The molecule has 2 amide bonds. The number of nitrogens with zero attached hydrogens (tertiary/aromatic N) is 3. The van der Waals surface area contributed by atoms with Crippen molar-refractivity contribution in [2.45, 2.75) is 51.5 Å². The van der Waals surface area contributed by atoms with Gasteiger partial charge in [0.15, 0.2) is 0 Å². The van der Waals surface area contributed by atoms with E-state index in [9.17, 15) is 18.4 Å². The number of likely N-dealkylation sites (tertiary alicyclic amines) is 1. The molecule has 0 unspecified atom stereocenters. The van der Waals surface area contributed by atoms with Gasteiger partial charge < -0.3 is 4.90 Å². The van der Waals surface area contributed by atoms with E-state index >= 15 is 0 Å². The van der Waals surface area contributed by atoms with Gasteiger partial charge in [0.05, 0.1) is 5.69 Å². The van der Waals surface area contributed by atoms with E-state index in [0.29, 0.717) is 51.3 Å². The molecule has 2 aliphatic heterocycles. The van der Waals surface area contributed by atoms with Gasteiger partial charge in [-0.15, -0.1) is 0 Å². The first kappa shape index (κ1) is 20.3. The fraction of sp³-hybridized carbons (Fsp3) is 0.636. The summed E-state index contributed by atoms with van der Waals surface area (Å²) in [6, 6.07) is 3.34. The Morgan fingerprint density at radius 1 is 1.00 bits per heavy atom. The van der Waals surface area contributed by atoms with Crippen molar-refractivity contribution in [2.24, 2.45) is 5.41 Å². The van der Waals surface area contributed by atoms with Gasteiger partial charge in [0.25, 0.3) is 0 Å². The lowest BCUT2D eigenvalue weighted by molar-refractivity contribution is -0.156. The molecule has 4 rings (SSSR count). The van der Waals surface area contributed by atoms with E-state index in [0.717, 1.165) is 37.8 Å². The third-order valence-corrected chi connectivity index (χ3v) is 6.84. The number of rotatable bonds is 4. The molecule has 5 nitrogen and oxygen atoms in total. The molecular weight excluding hydrogens is 376 g/mol. The summed E-state index contributed by atoms with van der Waals surface area (Å²) in [5, 5.41) is 0. The van der Waals surface area contributed by atoms with Crippen LogP contribution in [0.4, 0.5) is 14.5 Å². The Kier molecular flexibility index (Phi) is 5.60. The molecule has 0 aromatic heterocycles. The predicted molar refractivity (Wildman–Crippen MR) is 106 cm³/mol. The highest BCUT2D eigenvalue weighted by atomic mass is 19.1. The van der Waals surface area contributed by atoms with Gasteiger partial charge in [0.1, 0.15) is 11.6 Å². The number of halogens is 2. The van der Waals surface area contributed by atoms with Gasteiger partial charge in [-0.3, -0.25) is 19.4 Å². The monoisotopic (exact) mass is 405 g/mol. The first-order valence-electron chi connectivity index (χ1n) is 10.6. The number of piperidine rings is 1. The molecule has 3 aliphatic rings. The average Bonchev–Trinajstić information content (AvgIpc) is 3.11. The summed E-state index contributed by atoms with van der Waals surface area (Å²) in [4.78, 5) is 31.0. The highest BCUT2D eigenvalue weighted by molar-refractivity contribution is 5.99. The van der Waals surface area contributed by atoms with Gasteiger partial charge in [-0.2, -0.15) is 0 Å². The Labute approximate surface area is 170 Å². The summed E-state index contributed by atoms with van der Waals surface area (Å²) in [5.41, 5.74) is 0.214. The molecule has 158 valence electrons. The highest BCUT2D eigenvalue weighted by Crippen LogP contribution is 2.47. The summed E-state index contributed by atoms with van der Waals surface area (Å²) >= 11 is 0. The molecular formula is C22H29F2N3O2. The van der Waals surface area contributed by atoms with Crippen LogP contribution in [0.5, 0.6) is 0 Å². The van der Waals surface area contributed by atoms with E-state index in [2.05, 4.69) is 4.90 Å². The minimum atomic E-state index is -0.445. The maximum atomic E-state index is 14.0. The van der Waals surface area contributed by atoms with Crippen molar-refractivity contribution >= 4 is 17.5 Å². The molecule has 1 aromatic carbocycles. The fourth-order valence-corrected chi connectivity index (χ4v) is 5.34. The van der Waals surface area contributed by atoms with Gasteiger partial charge in [0, 0.05) is 57.7 Å². The van der Waals surface area contributed by atoms with Crippen LogP contribution in [0.1, 0.15) is 45.4 Å². The number of carbonyl (C=O) groups is 2. The van der Waals surface area contributed by atoms with Crippen molar-refractivity contribution in [3.05, 3.63) is 29.8 Å². The highest BCUT2D eigenvalue weighted by Gasteiger charge is 2.46. The van der Waals surface area contributed by atoms with E-state index in [1.165, 1.54) is 11.0 Å². The van der Waals surface area contributed by atoms with Crippen LogP contribution in [0.3, 0.4) is 0 Å². The van der Waals surface area contributed by atoms with Gasteiger partial charge >= 0.3 is 0 Å². The van der Waals surface area contributed by atoms with Crippen LogP contribution in [0.15, 0.2) is 18.2 Å². The van der Waals surface area contributed by atoms with Crippen LogP contribution in [-0.4, -0.2) is 60.4 Å². The molecule has 0 bridgehead atoms. The number of piperazine rings is 1. The van der Waals surface area contributed by atoms with E-state index in [1.54, 1.807) is 0 Å². The molecule has 1 saturated carbocycles. The number of hydrogen-bond donors (Lipinski definition) is 0. The fourth-order valence-electron chi connectivity index (χ4n) is 5.34. The van der Waals surface area contributed by atoms with Crippen LogP contribution in [0.2, 0.25) is 0 Å². The summed E-state index contributed by atoms with van der Waals surface area (Å²) < 4.78 is 27.5. The number of hydrogen-bond acceptors (Lipinski definition) is 4. The molecule has 0 radical (unpaired) electrons. The molecule has 2 heterocycles. The largest absolute Gasteiger partial charge is 0.367 e. The van der Waals surface area contributed by atoms with Crippen LogP contribution in [-0.2, 0) is 9.59 Å². The summed E-state index contributed by atoms with van der Waals surface area (Å²) in [7, 11) is 0. The smallest absolute Gasteiger partial charge is 0.230 e. The maximum absolute atomic E-state index is 14.0. The first-order chi connectivity index (χ1) is 13.9. The molecule has 29 heavy (non-hydrogen) atoms. The van der Waals surface area contributed by atoms with Crippen molar-refractivity contribution < 1.29 is 18.4 Å². The third-order valence-electron chi connectivity index (χ3n) is 6.84. The molecule has 2 saturated heterocycles. The Morgan fingerprint density at radius 3 is 2.24 bits per heavy atom. The van der Waals surface area contributed by atoms with E-state index < -0.39 is 11.6 Å². The molecule has 7 heteroatoms. The lowest BCUT2D eigenvalue weighted by atomic mass is 9.76. The van der Waals surface area contributed by atoms with E-state index in [4.69, 9.17) is 0 Å². The van der Waals surface area contributed by atoms with Crippen molar-refractivity contribution in [2.75, 3.05) is 37.6 Å². The topological polar surface area (TPSA) is 43.9 Å². The summed E-state index contributed by atoms with van der Waals surface area (Å²) in [5.74, 6) is -0.926. The molecule has 1 aromatic rings. The molecule has 1 atom stereocenters. The minimum absolute atomic E-state index is 0.0314. The van der Waals surface area contributed by atoms with Gasteiger partial charge in [-0.05, 0) is 37.3 Å². The second-order valence-corrected chi connectivity index (χ2v) is 8.95. The second-order valence-electron chi connectivity index (χ2n) is 8.95. The Hall–Kier alpha value is -2.02. The third kappa shape index (κ3) is 4.15. The lowest BCUT2D eigenvalue weighted by Gasteiger charge is -2.42. The molecule has 1 aliphatic carbocycles. The minimum Gasteiger partial charge on any atom is -0.367 e. The van der Waals surface area contributed by atoms with Crippen LogP contribution in [0, 0.1) is 17.0 Å². The first-order valence-corrected chi connectivity index (χ1v) is 10.6. The van der Waals surface area contributed by atoms with Gasteiger partial charge in [-0.1, -0.05) is 12.8 Å². The quantitative estimate of drug-likeness (QED) is 0.722. The zero-order valence-corrected chi connectivity index (χ0v) is 17.0.